The maximum atomic E-state index is 11.8. The van der Waals surface area contributed by atoms with Crippen molar-refractivity contribution in [2.75, 3.05) is 37.5 Å². The van der Waals surface area contributed by atoms with Crippen molar-refractivity contribution >= 4 is 17.5 Å². The largest absolute Gasteiger partial charge is 0.490 e. The van der Waals surface area contributed by atoms with Crippen molar-refractivity contribution in [3.63, 3.8) is 0 Å². The van der Waals surface area contributed by atoms with Gasteiger partial charge in [-0.25, -0.2) is 9.97 Å². The Kier molecular flexibility index (Phi) is 6.02. The molecular weight excluding hydrogens is 258 g/mol. The molecule has 0 saturated heterocycles. The number of likely N-dealkylation sites (N-methyl/N-ethyl adjacent to an activating group) is 1. The molecule has 0 saturated carbocycles. The Balaban J connectivity index is 2.89. The molecular formula is C13H23N5O2. The van der Waals surface area contributed by atoms with Crippen molar-refractivity contribution in [1.82, 2.24) is 15.3 Å². The maximum absolute atomic E-state index is 11.8. The van der Waals surface area contributed by atoms with Crippen LogP contribution in [-0.2, 0) is 4.79 Å². The minimum Gasteiger partial charge on any atom is -0.490 e. The number of hydrogen-bond acceptors (Lipinski definition) is 6. The quantitative estimate of drug-likeness (QED) is 0.772. The van der Waals surface area contributed by atoms with E-state index in [1.807, 2.05) is 20.8 Å². The zero-order chi connectivity index (χ0) is 15.1. The van der Waals surface area contributed by atoms with Gasteiger partial charge in [0.15, 0.2) is 11.6 Å². The van der Waals surface area contributed by atoms with E-state index in [1.165, 1.54) is 6.33 Å². The first kappa shape index (κ1) is 16.0. The number of methoxy groups -OCH3 is 1. The summed E-state index contributed by atoms with van der Waals surface area (Å²) in [5, 5.41) is 5.94. The van der Waals surface area contributed by atoms with E-state index in [0.717, 1.165) is 6.54 Å². The average molecular weight is 281 g/mol. The highest BCUT2D eigenvalue weighted by Crippen LogP contribution is 2.30. The maximum Gasteiger partial charge on any atom is 0.239 e. The Hall–Kier alpha value is -2.05. The molecule has 0 aliphatic heterocycles. The van der Waals surface area contributed by atoms with E-state index in [2.05, 4.69) is 20.6 Å². The van der Waals surface area contributed by atoms with Gasteiger partial charge in [-0.05, 0) is 20.8 Å². The molecule has 20 heavy (non-hydrogen) atoms. The fourth-order valence-corrected chi connectivity index (χ4v) is 1.78. The number of anilines is 2. The minimum atomic E-state index is -0.0619. The summed E-state index contributed by atoms with van der Waals surface area (Å²) >= 11 is 0. The summed E-state index contributed by atoms with van der Waals surface area (Å²) in [4.78, 5) is 21.9. The molecule has 1 heterocycles. The molecule has 0 spiro atoms. The van der Waals surface area contributed by atoms with Crippen LogP contribution in [0.2, 0.25) is 0 Å². The van der Waals surface area contributed by atoms with E-state index >= 15 is 0 Å². The van der Waals surface area contributed by atoms with Crippen LogP contribution in [0.15, 0.2) is 6.33 Å². The summed E-state index contributed by atoms with van der Waals surface area (Å²) in [5.41, 5.74) is 0. The summed E-state index contributed by atoms with van der Waals surface area (Å²) < 4.78 is 5.35. The molecule has 1 rings (SSSR count). The van der Waals surface area contributed by atoms with Crippen LogP contribution < -0.4 is 20.3 Å². The molecule has 112 valence electrons. The summed E-state index contributed by atoms with van der Waals surface area (Å²) in [6.45, 7) is 6.75. The number of amides is 1. The summed E-state index contributed by atoms with van der Waals surface area (Å²) in [6.07, 6.45) is 1.45. The normalized spacial score (nSPS) is 10.3. The number of carbonyl (C=O) groups excluding carboxylic acids is 1. The summed E-state index contributed by atoms with van der Waals surface area (Å²) in [5.74, 6) is 1.68. The molecule has 1 amide bonds. The lowest BCUT2D eigenvalue weighted by molar-refractivity contribution is -0.120. The van der Waals surface area contributed by atoms with Crippen molar-refractivity contribution < 1.29 is 9.53 Å². The van der Waals surface area contributed by atoms with Gasteiger partial charge in [0.2, 0.25) is 11.7 Å². The third kappa shape index (κ3) is 4.25. The van der Waals surface area contributed by atoms with Gasteiger partial charge in [-0.15, -0.1) is 0 Å². The Morgan fingerprint density at radius 1 is 1.45 bits per heavy atom. The van der Waals surface area contributed by atoms with Crippen molar-refractivity contribution in [1.29, 1.82) is 0 Å². The van der Waals surface area contributed by atoms with Gasteiger partial charge in [-0.2, -0.15) is 0 Å². The standard InChI is InChI=1S/C13H23N5O2/c1-6-14-12-11(20-5)13(16-8-15-12)18(4)7-10(19)17-9(2)3/h8-9H,6-7H2,1-5H3,(H,17,19)(H,14,15,16). The van der Waals surface area contributed by atoms with Crippen molar-refractivity contribution in [2.24, 2.45) is 0 Å². The monoisotopic (exact) mass is 281 g/mol. The van der Waals surface area contributed by atoms with Crippen LogP contribution in [0.3, 0.4) is 0 Å². The van der Waals surface area contributed by atoms with Crippen LogP contribution in [0.25, 0.3) is 0 Å². The third-order valence-corrected chi connectivity index (χ3v) is 2.53. The molecule has 2 N–H and O–H groups in total. The minimum absolute atomic E-state index is 0.0619. The van der Waals surface area contributed by atoms with Crippen LogP contribution >= 0.6 is 0 Å². The van der Waals surface area contributed by atoms with E-state index < -0.39 is 0 Å². The van der Waals surface area contributed by atoms with Crippen LogP contribution in [0, 0.1) is 0 Å². The van der Waals surface area contributed by atoms with Crippen LogP contribution in [0.5, 0.6) is 5.75 Å². The van der Waals surface area contributed by atoms with Gasteiger partial charge in [0, 0.05) is 19.6 Å². The van der Waals surface area contributed by atoms with Gasteiger partial charge in [-0.3, -0.25) is 4.79 Å². The first-order valence-electron chi connectivity index (χ1n) is 6.62. The van der Waals surface area contributed by atoms with Gasteiger partial charge in [0.05, 0.1) is 13.7 Å². The predicted octanol–water partition coefficient (Wildman–Crippen LogP) is 0.878. The molecule has 7 nitrogen and oxygen atoms in total. The number of nitrogens with zero attached hydrogens (tertiary/aromatic N) is 3. The topological polar surface area (TPSA) is 79.4 Å². The van der Waals surface area contributed by atoms with E-state index in [-0.39, 0.29) is 18.5 Å². The van der Waals surface area contributed by atoms with Gasteiger partial charge >= 0.3 is 0 Å². The first-order valence-corrected chi connectivity index (χ1v) is 6.62. The average Bonchev–Trinajstić information content (AvgIpc) is 2.37. The number of rotatable bonds is 7. The summed E-state index contributed by atoms with van der Waals surface area (Å²) in [6, 6.07) is 0.112. The van der Waals surface area contributed by atoms with Gasteiger partial charge < -0.3 is 20.3 Å². The highest BCUT2D eigenvalue weighted by molar-refractivity contribution is 5.82. The van der Waals surface area contributed by atoms with Gasteiger partial charge in [0.1, 0.15) is 6.33 Å². The molecule has 0 bridgehead atoms. The SMILES string of the molecule is CCNc1ncnc(N(C)CC(=O)NC(C)C)c1OC. The van der Waals surface area contributed by atoms with Crippen molar-refractivity contribution in [2.45, 2.75) is 26.8 Å². The Morgan fingerprint density at radius 2 is 2.15 bits per heavy atom. The molecule has 0 aromatic carbocycles. The lowest BCUT2D eigenvalue weighted by Crippen LogP contribution is -2.39. The molecule has 0 atom stereocenters. The van der Waals surface area contributed by atoms with Crippen molar-refractivity contribution in [3.8, 4) is 5.75 Å². The number of carbonyl (C=O) groups is 1. The van der Waals surface area contributed by atoms with Gasteiger partial charge in [0.25, 0.3) is 0 Å². The number of ether oxygens (including phenoxy) is 1. The highest BCUT2D eigenvalue weighted by Gasteiger charge is 2.17. The highest BCUT2D eigenvalue weighted by atomic mass is 16.5. The number of hydrogen-bond donors (Lipinski definition) is 2. The molecule has 0 unspecified atom stereocenters. The second kappa shape index (κ2) is 7.52. The fraction of sp³-hybridized carbons (Fsp3) is 0.615. The van der Waals surface area contributed by atoms with Crippen LogP contribution in [-0.4, -0.2) is 49.2 Å². The summed E-state index contributed by atoms with van der Waals surface area (Å²) in [7, 11) is 3.35. The molecule has 0 aliphatic carbocycles. The molecule has 0 fully saturated rings. The second-order valence-electron chi connectivity index (χ2n) is 4.69. The second-order valence-corrected chi connectivity index (χ2v) is 4.69. The van der Waals surface area contributed by atoms with Crippen LogP contribution in [0.4, 0.5) is 11.6 Å². The van der Waals surface area contributed by atoms with E-state index in [4.69, 9.17) is 4.74 Å². The van der Waals surface area contributed by atoms with E-state index in [1.54, 1.807) is 19.1 Å². The Bertz CT molecular complexity index is 450. The van der Waals surface area contributed by atoms with E-state index in [0.29, 0.717) is 17.4 Å². The molecule has 7 heteroatoms. The lowest BCUT2D eigenvalue weighted by Gasteiger charge is -2.21. The molecule has 0 radical (unpaired) electrons. The number of nitrogens with one attached hydrogen (secondary N) is 2. The Morgan fingerprint density at radius 3 is 2.70 bits per heavy atom. The molecule has 1 aromatic heterocycles. The predicted molar refractivity (Wildman–Crippen MR) is 79.3 cm³/mol. The zero-order valence-electron chi connectivity index (χ0n) is 12.7. The zero-order valence-corrected chi connectivity index (χ0v) is 12.7. The van der Waals surface area contributed by atoms with Crippen molar-refractivity contribution in [3.05, 3.63) is 6.33 Å². The van der Waals surface area contributed by atoms with Gasteiger partial charge in [-0.1, -0.05) is 0 Å². The van der Waals surface area contributed by atoms with Crippen LogP contribution in [0.1, 0.15) is 20.8 Å². The fourth-order valence-electron chi connectivity index (χ4n) is 1.78. The smallest absolute Gasteiger partial charge is 0.239 e. The number of aromatic nitrogens is 2. The molecule has 1 aromatic rings. The Labute approximate surface area is 119 Å². The van der Waals surface area contributed by atoms with E-state index in [9.17, 15) is 4.79 Å². The first-order chi connectivity index (χ1) is 9.49. The molecule has 0 aliphatic rings. The lowest BCUT2D eigenvalue weighted by atomic mass is 10.3. The third-order valence-electron chi connectivity index (χ3n) is 2.53.